The number of carbonyl (C=O) groups excluding carboxylic acids is 1. The minimum absolute atomic E-state index is 0.00175. The summed E-state index contributed by atoms with van der Waals surface area (Å²) in [6, 6.07) is 11.8. The molecule has 4 nitrogen and oxygen atoms in total. The normalized spacial score (nSPS) is 13.8. The van der Waals surface area contributed by atoms with Crippen molar-refractivity contribution in [1.29, 1.82) is 0 Å². The zero-order valence-corrected chi connectivity index (χ0v) is 14.7. The first-order chi connectivity index (χ1) is 12.0. The highest BCUT2D eigenvalue weighted by Gasteiger charge is 2.25. The highest BCUT2D eigenvalue weighted by Crippen LogP contribution is 2.33. The summed E-state index contributed by atoms with van der Waals surface area (Å²) in [7, 11) is 1.79. The van der Waals surface area contributed by atoms with E-state index in [9.17, 15) is 9.18 Å². The van der Waals surface area contributed by atoms with Crippen LogP contribution in [-0.2, 0) is 11.2 Å². The summed E-state index contributed by atoms with van der Waals surface area (Å²) in [5, 5.41) is 0. The molecule has 2 aromatic carbocycles. The highest BCUT2D eigenvalue weighted by molar-refractivity contribution is 5.79. The fraction of sp³-hybridized carbons (Fsp3) is 0.350. The molecule has 1 aliphatic rings. The number of hydrogen-bond acceptors (Lipinski definition) is 3. The summed E-state index contributed by atoms with van der Waals surface area (Å²) < 4.78 is 23.9. The van der Waals surface area contributed by atoms with Gasteiger partial charge in [0, 0.05) is 7.05 Å². The molecule has 0 unspecified atom stereocenters. The maximum atomic E-state index is 13.2. The Hall–Kier alpha value is -2.56. The van der Waals surface area contributed by atoms with Gasteiger partial charge in [0.05, 0.1) is 12.5 Å². The van der Waals surface area contributed by atoms with Crippen LogP contribution in [0.2, 0.25) is 0 Å². The molecular weight excluding hydrogens is 321 g/mol. The van der Waals surface area contributed by atoms with Crippen LogP contribution < -0.4 is 9.47 Å². The fourth-order valence-corrected chi connectivity index (χ4v) is 3.22. The van der Waals surface area contributed by atoms with Crippen molar-refractivity contribution in [3.8, 4) is 11.5 Å². The average Bonchev–Trinajstić information content (AvgIpc) is 3.04. The molecule has 0 aromatic heterocycles. The number of benzene rings is 2. The molecule has 1 atom stereocenters. The van der Waals surface area contributed by atoms with Crippen molar-refractivity contribution >= 4 is 5.91 Å². The van der Waals surface area contributed by atoms with Gasteiger partial charge in [-0.05, 0) is 41.3 Å². The number of halogens is 1. The van der Waals surface area contributed by atoms with Crippen LogP contribution in [0.1, 0.15) is 31.0 Å². The van der Waals surface area contributed by atoms with Crippen molar-refractivity contribution in [3.05, 3.63) is 59.4 Å². The molecular formula is C20H22FNO3. The lowest BCUT2D eigenvalue weighted by Crippen LogP contribution is -2.35. The summed E-state index contributed by atoms with van der Waals surface area (Å²) >= 11 is 0. The summed E-state index contributed by atoms with van der Waals surface area (Å²) in [6.07, 6.45) is 0.275. The molecule has 1 aliphatic heterocycles. The number of ether oxygens (including phenoxy) is 2. The van der Waals surface area contributed by atoms with Gasteiger partial charge in [-0.1, -0.05) is 32.0 Å². The molecule has 1 heterocycles. The topological polar surface area (TPSA) is 38.8 Å². The average molecular weight is 343 g/mol. The minimum Gasteiger partial charge on any atom is -0.454 e. The van der Waals surface area contributed by atoms with Crippen molar-refractivity contribution in [2.45, 2.75) is 26.3 Å². The van der Waals surface area contributed by atoms with Crippen LogP contribution in [0.3, 0.4) is 0 Å². The summed E-state index contributed by atoms with van der Waals surface area (Å²) in [4.78, 5) is 14.5. The van der Waals surface area contributed by atoms with Gasteiger partial charge in [0.1, 0.15) is 5.82 Å². The number of likely N-dealkylation sites (N-methyl/N-ethyl adjacent to an activating group) is 1. The van der Waals surface area contributed by atoms with Gasteiger partial charge in [-0.25, -0.2) is 4.39 Å². The van der Waals surface area contributed by atoms with Gasteiger partial charge >= 0.3 is 0 Å². The van der Waals surface area contributed by atoms with E-state index in [1.54, 1.807) is 24.1 Å². The molecule has 2 aromatic rings. The first-order valence-corrected chi connectivity index (χ1v) is 8.35. The molecule has 132 valence electrons. The molecule has 0 aliphatic carbocycles. The van der Waals surface area contributed by atoms with Crippen molar-refractivity contribution < 1.29 is 18.7 Å². The molecule has 5 heteroatoms. The number of rotatable bonds is 5. The van der Waals surface area contributed by atoms with Gasteiger partial charge < -0.3 is 14.4 Å². The zero-order valence-electron chi connectivity index (χ0n) is 14.7. The minimum atomic E-state index is -0.277. The smallest absolute Gasteiger partial charge is 0.231 e. The van der Waals surface area contributed by atoms with Crippen LogP contribution in [0.25, 0.3) is 0 Å². The fourth-order valence-electron chi connectivity index (χ4n) is 3.22. The van der Waals surface area contributed by atoms with Gasteiger partial charge in [-0.3, -0.25) is 4.79 Å². The van der Waals surface area contributed by atoms with Crippen LogP contribution >= 0.6 is 0 Å². The Kier molecular flexibility index (Phi) is 4.93. The van der Waals surface area contributed by atoms with Crippen LogP contribution in [0, 0.1) is 11.7 Å². The first-order valence-electron chi connectivity index (χ1n) is 8.35. The Balaban J connectivity index is 1.76. The molecule has 0 radical (unpaired) electrons. The van der Waals surface area contributed by atoms with Gasteiger partial charge in [0.2, 0.25) is 12.7 Å². The first kappa shape index (κ1) is 17.3. The molecule has 0 fully saturated rings. The Labute approximate surface area is 147 Å². The summed E-state index contributed by atoms with van der Waals surface area (Å²) in [5.74, 6) is 1.31. The van der Waals surface area contributed by atoms with Crippen LogP contribution in [-0.4, -0.2) is 24.6 Å². The standard InChI is InChI=1S/C20H22FNO3/c1-13(2)20(15-5-7-16(21)8-6-15)22(3)19(23)11-14-4-9-17-18(10-14)25-12-24-17/h4-10,13,20H,11-12H2,1-3H3/t20-/m0/s1. The van der Waals surface area contributed by atoms with E-state index in [2.05, 4.69) is 13.8 Å². The van der Waals surface area contributed by atoms with E-state index in [1.807, 2.05) is 18.2 Å². The Bertz CT molecular complexity index is 758. The van der Waals surface area contributed by atoms with E-state index in [4.69, 9.17) is 9.47 Å². The lowest BCUT2D eigenvalue weighted by Gasteiger charge is -2.32. The van der Waals surface area contributed by atoms with Gasteiger partial charge in [0.25, 0.3) is 0 Å². The van der Waals surface area contributed by atoms with E-state index in [0.717, 1.165) is 11.1 Å². The zero-order chi connectivity index (χ0) is 18.0. The molecule has 0 saturated carbocycles. The molecule has 1 amide bonds. The van der Waals surface area contributed by atoms with E-state index in [0.29, 0.717) is 11.5 Å². The van der Waals surface area contributed by atoms with Crippen molar-refractivity contribution in [2.24, 2.45) is 5.92 Å². The van der Waals surface area contributed by atoms with Gasteiger partial charge in [-0.15, -0.1) is 0 Å². The van der Waals surface area contributed by atoms with E-state index in [1.165, 1.54) is 12.1 Å². The summed E-state index contributed by atoms with van der Waals surface area (Å²) in [5.41, 5.74) is 1.81. The second-order valence-corrected chi connectivity index (χ2v) is 6.61. The van der Waals surface area contributed by atoms with E-state index < -0.39 is 0 Å². The lowest BCUT2D eigenvalue weighted by molar-refractivity contribution is -0.132. The molecule has 0 saturated heterocycles. The second kappa shape index (κ2) is 7.13. The number of amides is 1. The lowest BCUT2D eigenvalue weighted by atomic mass is 9.94. The highest BCUT2D eigenvalue weighted by atomic mass is 19.1. The van der Waals surface area contributed by atoms with Crippen LogP contribution in [0.5, 0.6) is 11.5 Å². The Morgan fingerprint density at radius 1 is 1.12 bits per heavy atom. The SMILES string of the molecule is CC(C)[C@@H](c1ccc(F)cc1)N(C)C(=O)Cc1ccc2c(c1)OCO2. The van der Waals surface area contributed by atoms with Gasteiger partial charge in [-0.2, -0.15) is 0 Å². The molecule has 0 spiro atoms. The number of hydrogen-bond donors (Lipinski definition) is 0. The van der Waals surface area contributed by atoms with E-state index in [-0.39, 0.29) is 36.9 Å². The van der Waals surface area contributed by atoms with Crippen molar-refractivity contribution in [3.63, 3.8) is 0 Å². The monoisotopic (exact) mass is 343 g/mol. The maximum Gasteiger partial charge on any atom is 0.231 e. The number of nitrogens with zero attached hydrogens (tertiary/aromatic N) is 1. The quantitative estimate of drug-likeness (QED) is 0.825. The van der Waals surface area contributed by atoms with Crippen LogP contribution in [0.4, 0.5) is 4.39 Å². The van der Waals surface area contributed by atoms with Crippen LogP contribution in [0.15, 0.2) is 42.5 Å². The van der Waals surface area contributed by atoms with Crippen molar-refractivity contribution in [1.82, 2.24) is 4.90 Å². The largest absolute Gasteiger partial charge is 0.454 e. The number of fused-ring (bicyclic) bond motifs is 1. The maximum absolute atomic E-state index is 13.2. The molecule has 0 N–H and O–H groups in total. The Morgan fingerprint density at radius 2 is 1.80 bits per heavy atom. The molecule has 3 rings (SSSR count). The second-order valence-electron chi connectivity index (χ2n) is 6.61. The van der Waals surface area contributed by atoms with E-state index >= 15 is 0 Å². The Morgan fingerprint density at radius 3 is 2.48 bits per heavy atom. The molecule has 25 heavy (non-hydrogen) atoms. The molecule has 0 bridgehead atoms. The predicted molar refractivity (Wildman–Crippen MR) is 93.0 cm³/mol. The predicted octanol–water partition coefficient (Wildman–Crippen LogP) is 3.95. The van der Waals surface area contributed by atoms with Gasteiger partial charge in [0.15, 0.2) is 11.5 Å². The number of carbonyl (C=O) groups is 1. The third-order valence-corrected chi connectivity index (χ3v) is 4.45. The summed E-state index contributed by atoms with van der Waals surface area (Å²) in [6.45, 7) is 4.32. The third-order valence-electron chi connectivity index (χ3n) is 4.45. The van der Waals surface area contributed by atoms with Crippen molar-refractivity contribution in [2.75, 3.05) is 13.8 Å². The third kappa shape index (κ3) is 3.76.